The van der Waals surface area contributed by atoms with E-state index in [-0.39, 0.29) is 12.1 Å². The monoisotopic (exact) mass is 329 g/mol. The number of benzene rings is 1. The van der Waals surface area contributed by atoms with E-state index in [1.807, 2.05) is 24.3 Å². The van der Waals surface area contributed by atoms with Crippen molar-refractivity contribution in [2.24, 2.45) is 0 Å². The molecule has 126 valence electrons. The number of hydrogen-bond donors (Lipinski definition) is 1. The number of likely N-dealkylation sites (N-methyl/N-ethyl adjacent to an activating group) is 1. The van der Waals surface area contributed by atoms with Crippen molar-refractivity contribution in [1.29, 1.82) is 0 Å². The molecule has 3 rings (SSSR count). The molecule has 2 saturated heterocycles. The number of barbiturate groups is 1. The number of hydrogen-bond acceptors (Lipinski definition) is 5. The van der Waals surface area contributed by atoms with Crippen molar-refractivity contribution in [2.45, 2.75) is 6.92 Å². The van der Waals surface area contributed by atoms with Gasteiger partial charge in [-0.3, -0.25) is 19.8 Å². The van der Waals surface area contributed by atoms with Crippen molar-refractivity contribution >= 4 is 29.6 Å². The average Bonchev–Trinajstić information content (AvgIpc) is 2.60. The molecular formula is C17H19N3O4. The molecule has 0 saturated carbocycles. The number of morpholine rings is 1. The molecule has 0 atom stereocenters. The molecule has 1 aromatic carbocycles. The van der Waals surface area contributed by atoms with Gasteiger partial charge in [0.05, 0.1) is 13.2 Å². The van der Waals surface area contributed by atoms with Crippen LogP contribution < -0.4 is 10.2 Å². The minimum absolute atomic E-state index is 0.0319. The van der Waals surface area contributed by atoms with Crippen LogP contribution in [0.3, 0.4) is 0 Å². The highest BCUT2D eigenvalue weighted by atomic mass is 16.5. The Morgan fingerprint density at radius 1 is 1.12 bits per heavy atom. The summed E-state index contributed by atoms with van der Waals surface area (Å²) in [4.78, 5) is 39.0. The van der Waals surface area contributed by atoms with Crippen molar-refractivity contribution in [3.63, 3.8) is 0 Å². The van der Waals surface area contributed by atoms with E-state index in [0.29, 0.717) is 13.2 Å². The van der Waals surface area contributed by atoms with Crippen LogP contribution in [0, 0.1) is 0 Å². The summed E-state index contributed by atoms with van der Waals surface area (Å²) in [6.45, 7) is 5.00. The number of carbonyl (C=O) groups is 3. The number of anilines is 1. The Kier molecular flexibility index (Phi) is 4.61. The fourth-order valence-corrected chi connectivity index (χ4v) is 2.75. The quantitative estimate of drug-likeness (QED) is 0.661. The highest BCUT2D eigenvalue weighted by Gasteiger charge is 2.34. The van der Waals surface area contributed by atoms with Crippen LogP contribution in [0.25, 0.3) is 6.08 Å². The largest absolute Gasteiger partial charge is 0.378 e. The van der Waals surface area contributed by atoms with E-state index < -0.39 is 17.8 Å². The van der Waals surface area contributed by atoms with Crippen LogP contribution in [0.15, 0.2) is 29.8 Å². The first-order valence-electron chi connectivity index (χ1n) is 7.92. The molecule has 2 aliphatic heterocycles. The predicted octanol–water partition coefficient (Wildman–Crippen LogP) is 1.00. The Morgan fingerprint density at radius 2 is 1.79 bits per heavy atom. The molecule has 1 aromatic rings. The summed E-state index contributed by atoms with van der Waals surface area (Å²) in [7, 11) is 0. The Hall–Kier alpha value is -2.67. The van der Waals surface area contributed by atoms with Gasteiger partial charge in [0.25, 0.3) is 11.8 Å². The van der Waals surface area contributed by atoms with E-state index in [9.17, 15) is 14.4 Å². The highest BCUT2D eigenvalue weighted by Crippen LogP contribution is 2.19. The van der Waals surface area contributed by atoms with Crippen molar-refractivity contribution < 1.29 is 19.1 Å². The summed E-state index contributed by atoms with van der Waals surface area (Å²) >= 11 is 0. The molecule has 1 N–H and O–H groups in total. The van der Waals surface area contributed by atoms with Gasteiger partial charge in [-0.25, -0.2) is 4.79 Å². The lowest BCUT2D eigenvalue weighted by Crippen LogP contribution is -2.53. The van der Waals surface area contributed by atoms with Crippen LogP contribution in [0.5, 0.6) is 0 Å². The van der Waals surface area contributed by atoms with Gasteiger partial charge in [0.2, 0.25) is 0 Å². The Balaban J connectivity index is 1.81. The minimum atomic E-state index is -0.674. The third kappa shape index (κ3) is 3.16. The maximum Gasteiger partial charge on any atom is 0.331 e. The average molecular weight is 329 g/mol. The molecule has 24 heavy (non-hydrogen) atoms. The Bertz CT molecular complexity index is 690. The first kappa shape index (κ1) is 16.2. The molecule has 7 nitrogen and oxygen atoms in total. The van der Waals surface area contributed by atoms with Crippen molar-refractivity contribution in [1.82, 2.24) is 10.2 Å². The third-order valence-electron chi connectivity index (χ3n) is 4.08. The zero-order chi connectivity index (χ0) is 17.1. The SMILES string of the molecule is CCN1C(=O)NC(=O)/C(=C\c2ccc(N3CCOCC3)cc2)C1=O. The number of imide groups is 2. The van der Waals surface area contributed by atoms with Gasteiger partial charge in [-0.15, -0.1) is 0 Å². The lowest BCUT2D eigenvalue weighted by molar-refractivity contribution is -0.129. The first-order chi connectivity index (χ1) is 11.6. The van der Waals surface area contributed by atoms with Crippen LogP contribution in [0.2, 0.25) is 0 Å². The molecule has 0 unspecified atom stereocenters. The Labute approximate surface area is 139 Å². The van der Waals surface area contributed by atoms with Crippen LogP contribution in [-0.2, 0) is 14.3 Å². The number of amides is 4. The second-order valence-corrected chi connectivity index (χ2v) is 5.56. The standard InChI is InChI=1S/C17H19N3O4/c1-2-20-16(22)14(15(21)18-17(20)23)11-12-3-5-13(6-4-12)19-7-9-24-10-8-19/h3-6,11H,2,7-10H2,1H3,(H,18,21,23)/b14-11+. The molecule has 2 aliphatic rings. The van der Waals surface area contributed by atoms with E-state index in [2.05, 4.69) is 10.2 Å². The van der Waals surface area contributed by atoms with Gasteiger partial charge in [-0.05, 0) is 30.7 Å². The number of ether oxygens (including phenoxy) is 1. The smallest absolute Gasteiger partial charge is 0.331 e. The van der Waals surface area contributed by atoms with E-state index in [1.54, 1.807) is 6.92 Å². The molecule has 0 spiro atoms. The number of carbonyl (C=O) groups excluding carboxylic acids is 3. The fraction of sp³-hybridized carbons (Fsp3) is 0.353. The number of urea groups is 1. The molecule has 2 heterocycles. The molecule has 4 amide bonds. The van der Waals surface area contributed by atoms with Gasteiger partial charge >= 0.3 is 6.03 Å². The predicted molar refractivity (Wildman–Crippen MR) is 88.4 cm³/mol. The van der Waals surface area contributed by atoms with Crippen LogP contribution >= 0.6 is 0 Å². The Morgan fingerprint density at radius 3 is 2.42 bits per heavy atom. The summed E-state index contributed by atoms with van der Waals surface area (Å²) in [5.74, 6) is -1.23. The van der Waals surface area contributed by atoms with Gasteiger partial charge < -0.3 is 9.64 Å². The van der Waals surface area contributed by atoms with Crippen molar-refractivity contribution in [2.75, 3.05) is 37.7 Å². The summed E-state index contributed by atoms with van der Waals surface area (Å²) in [6.07, 6.45) is 1.51. The molecule has 0 aromatic heterocycles. The van der Waals surface area contributed by atoms with Gasteiger partial charge in [-0.1, -0.05) is 12.1 Å². The number of nitrogens with zero attached hydrogens (tertiary/aromatic N) is 2. The maximum atomic E-state index is 12.2. The van der Waals surface area contributed by atoms with Crippen LogP contribution in [-0.4, -0.2) is 55.6 Å². The van der Waals surface area contributed by atoms with Crippen LogP contribution in [0.1, 0.15) is 12.5 Å². The minimum Gasteiger partial charge on any atom is -0.378 e. The van der Waals surface area contributed by atoms with Gasteiger partial charge in [0.15, 0.2) is 0 Å². The van der Waals surface area contributed by atoms with Crippen molar-refractivity contribution in [3.8, 4) is 0 Å². The van der Waals surface area contributed by atoms with Gasteiger partial charge in [0, 0.05) is 25.3 Å². The van der Waals surface area contributed by atoms with E-state index in [4.69, 9.17) is 4.74 Å². The fourth-order valence-electron chi connectivity index (χ4n) is 2.75. The number of rotatable bonds is 3. The molecule has 7 heteroatoms. The van der Waals surface area contributed by atoms with E-state index >= 15 is 0 Å². The lowest BCUT2D eigenvalue weighted by Gasteiger charge is -2.29. The zero-order valence-electron chi connectivity index (χ0n) is 13.4. The normalized spacial score (nSPS) is 20.5. The van der Waals surface area contributed by atoms with Gasteiger partial charge in [0.1, 0.15) is 5.57 Å². The molecule has 2 fully saturated rings. The molecule has 0 aliphatic carbocycles. The van der Waals surface area contributed by atoms with Crippen molar-refractivity contribution in [3.05, 3.63) is 35.4 Å². The van der Waals surface area contributed by atoms with E-state index in [1.165, 1.54) is 6.08 Å². The summed E-state index contributed by atoms with van der Waals surface area (Å²) in [6, 6.07) is 6.93. The highest BCUT2D eigenvalue weighted by molar-refractivity contribution is 6.30. The lowest BCUT2D eigenvalue weighted by atomic mass is 10.1. The third-order valence-corrected chi connectivity index (χ3v) is 4.08. The molecular weight excluding hydrogens is 310 g/mol. The van der Waals surface area contributed by atoms with E-state index in [0.717, 1.165) is 29.2 Å². The first-order valence-corrected chi connectivity index (χ1v) is 7.92. The summed E-state index contributed by atoms with van der Waals surface area (Å²) in [5, 5.41) is 2.18. The van der Waals surface area contributed by atoms with Gasteiger partial charge in [-0.2, -0.15) is 0 Å². The second kappa shape index (κ2) is 6.84. The molecule has 0 radical (unpaired) electrons. The topological polar surface area (TPSA) is 79.0 Å². The second-order valence-electron chi connectivity index (χ2n) is 5.56. The number of nitrogens with one attached hydrogen (secondary N) is 1. The summed E-state index contributed by atoms with van der Waals surface area (Å²) < 4.78 is 5.33. The molecule has 0 bridgehead atoms. The van der Waals surface area contributed by atoms with Crippen LogP contribution in [0.4, 0.5) is 10.5 Å². The zero-order valence-corrected chi connectivity index (χ0v) is 13.4. The summed E-state index contributed by atoms with van der Waals surface area (Å²) in [5.41, 5.74) is 1.77. The maximum absolute atomic E-state index is 12.2.